The Morgan fingerprint density at radius 1 is 1.29 bits per heavy atom. The van der Waals surface area contributed by atoms with Gasteiger partial charge >= 0.3 is 0 Å². The van der Waals surface area contributed by atoms with Crippen molar-refractivity contribution in [2.75, 3.05) is 13.2 Å². The summed E-state index contributed by atoms with van der Waals surface area (Å²) in [5.41, 5.74) is 0. The monoisotopic (exact) mass is 197 g/mol. The normalized spacial score (nSPS) is 31.7. The molecule has 3 atom stereocenters. The van der Waals surface area contributed by atoms with E-state index in [0.29, 0.717) is 12.1 Å². The Labute approximate surface area is 87.4 Å². The van der Waals surface area contributed by atoms with Gasteiger partial charge in [0.05, 0.1) is 6.61 Å². The topological polar surface area (TPSA) is 21.3 Å². The molecule has 0 bridgehead atoms. The van der Waals surface area contributed by atoms with Crippen LogP contribution in [-0.2, 0) is 4.74 Å². The zero-order valence-electron chi connectivity index (χ0n) is 9.46. The third-order valence-corrected chi connectivity index (χ3v) is 3.60. The fraction of sp³-hybridized carbons (Fsp3) is 1.00. The highest BCUT2D eigenvalue weighted by Crippen LogP contribution is 2.33. The van der Waals surface area contributed by atoms with E-state index < -0.39 is 0 Å². The molecule has 82 valence electrons. The minimum Gasteiger partial charge on any atom is -0.381 e. The lowest BCUT2D eigenvalue weighted by atomic mass is 9.99. The number of rotatable bonds is 5. The summed E-state index contributed by atoms with van der Waals surface area (Å²) in [4.78, 5) is 0. The molecule has 3 unspecified atom stereocenters. The fourth-order valence-electron chi connectivity index (χ4n) is 2.45. The minimum atomic E-state index is 0.631. The van der Waals surface area contributed by atoms with E-state index in [1.54, 1.807) is 0 Å². The van der Waals surface area contributed by atoms with Crippen LogP contribution in [0.5, 0.6) is 0 Å². The first-order valence-corrected chi connectivity index (χ1v) is 6.09. The molecule has 0 aromatic heterocycles. The summed E-state index contributed by atoms with van der Waals surface area (Å²) in [6.45, 7) is 6.56. The van der Waals surface area contributed by atoms with Crippen molar-refractivity contribution < 1.29 is 4.74 Å². The Bertz CT molecular complexity index is 173. The van der Waals surface area contributed by atoms with Crippen molar-refractivity contribution in [3.05, 3.63) is 0 Å². The molecule has 1 heterocycles. The Morgan fingerprint density at radius 3 is 2.64 bits per heavy atom. The second-order valence-electron chi connectivity index (χ2n) is 5.16. The summed E-state index contributed by atoms with van der Waals surface area (Å²) >= 11 is 0. The SMILES string of the molecule is CC(CC1CC1)NC(C)C1CCOC1. The molecule has 2 aliphatic rings. The van der Waals surface area contributed by atoms with Crippen LogP contribution >= 0.6 is 0 Å². The summed E-state index contributed by atoms with van der Waals surface area (Å²) in [6.07, 6.45) is 5.54. The third kappa shape index (κ3) is 2.96. The molecule has 2 rings (SSSR count). The van der Waals surface area contributed by atoms with Crippen molar-refractivity contribution >= 4 is 0 Å². The van der Waals surface area contributed by atoms with Crippen molar-refractivity contribution in [3.63, 3.8) is 0 Å². The van der Waals surface area contributed by atoms with E-state index >= 15 is 0 Å². The summed E-state index contributed by atoms with van der Waals surface area (Å²) in [6, 6.07) is 1.32. The maximum atomic E-state index is 5.41. The van der Waals surface area contributed by atoms with E-state index in [-0.39, 0.29) is 0 Å². The standard InChI is InChI=1S/C12H23NO/c1-9(7-11-3-4-11)13-10(2)12-5-6-14-8-12/h9-13H,3-8H2,1-2H3. The zero-order valence-corrected chi connectivity index (χ0v) is 9.46. The van der Waals surface area contributed by atoms with Crippen LogP contribution < -0.4 is 5.32 Å². The summed E-state index contributed by atoms with van der Waals surface area (Å²) in [5.74, 6) is 1.78. The maximum Gasteiger partial charge on any atom is 0.0509 e. The van der Waals surface area contributed by atoms with Crippen LogP contribution in [0.25, 0.3) is 0 Å². The number of ether oxygens (including phenoxy) is 1. The van der Waals surface area contributed by atoms with Crippen LogP contribution in [0.15, 0.2) is 0 Å². The molecule has 0 aromatic rings. The summed E-state index contributed by atoms with van der Waals surface area (Å²) < 4.78 is 5.41. The minimum absolute atomic E-state index is 0.631. The van der Waals surface area contributed by atoms with Gasteiger partial charge in [-0.2, -0.15) is 0 Å². The van der Waals surface area contributed by atoms with E-state index in [9.17, 15) is 0 Å². The van der Waals surface area contributed by atoms with Gasteiger partial charge in [-0.1, -0.05) is 12.8 Å². The lowest BCUT2D eigenvalue weighted by Gasteiger charge is -2.24. The van der Waals surface area contributed by atoms with Crippen LogP contribution in [0, 0.1) is 11.8 Å². The van der Waals surface area contributed by atoms with Crippen molar-refractivity contribution in [1.82, 2.24) is 5.32 Å². The van der Waals surface area contributed by atoms with Crippen LogP contribution in [0.1, 0.15) is 39.5 Å². The number of hydrogen-bond donors (Lipinski definition) is 1. The van der Waals surface area contributed by atoms with Crippen molar-refractivity contribution in [1.29, 1.82) is 0 Å². The largest absolute Gasteiger partial charge is 0.381 e. The van der Waals surface area contributed by atoms with E-state index in [4.69, 9.17) is 4.74 Å². The lowest BCUT2D eigenvalue weighted by Crippen LogP contribution is -2.40. The van der Waals surface area contributed by atoms with Crippen molar-refractivity contribution in [2.24, 2.45) is 11.8 Å². The molecule has 1 saturated heterocycles. The first-order valence-electron chi connectivity index (χ1n) is 6.09. The number of hydrogen-bond acceptors (Lipinski definition) is 2. The molecular formula is C12H23NO. The average Bonchev–Trinajstić information content (AvgIpc) is 2.80. The van der Waals surface area contributed by atoms with Gasteiger partial charge in [-0.25, -0.2) is 0 Å². The average molecular weight is 197 g/mol. The van der Waals surface area contributed by atoms with Crippen LogP contribution in [0.3, 0.4) is 0 Å². The van der Waals surface area contributed by atoms with Gasteiger partial charge in [-0.3, -0.25) is 0 Å². The van der Waals surface area contributed by atoms with E-state index in [1.807, 2.05) is 0 Å². The van der Waals surface area contributed by atoms with Crippen LogP contribution in [0.4, 0.5) is 0 Å². The van der Waals surface area contributed by atoms with Crippen LogP contribution in [-0.4, -0.2) is 25.3 Å². The first-order chi connectivity index (χ1) is 6.75. The van der Waals surface area contributed by atoms with Gasteiger partial charge in [-0.05, 0) is 38.5 Å². The van der Waals surface area contributed by atoms with Gasteiger partial charge < -0.3 is 10.1 Å². The number of nitrogens with one attached hydrogen (secondary N) is 1. The summed E-state index contributed by atoms with van der Waals surface area (Å²) in [7, 11) is 0. The molecule has 0 amide bonds. The molecule has 1 aliphatic carbocycles. The quantitative estimate of drug-likeness (QED) is 0.729. The molecule has 2 fully saturated rings. The molecular weight excluding hydrogens is 174 g/mol. The highest BCUT2D eigenvalue weighted by molar-refractivity contribution is 4.82. The molecule has 2 heteroatoms. The highest BCUT2D eigenvalue weighted by Gasteiger charge is 2.26. The van der Waals surface area contributed by atoms with Gasteiger partial charge in [0.25, 0.3) is 0 Å². The molecule has 2 nitrogen and oxygen atoms in total. The van der Waals surface area contributed by atoms with Gasteiger partial charge in [0.1, 0.15) is 0 Å². The van der Waals surface area contributed by atoms with E-state index in [0.717, 1.165) is 25.0 Å². The van der Waals surface area contributed by atoms with Crippen molar-refractivity contribution in [3.8, 4) is 0 Å². The van der Waals surface area contributed by atoms with Gasteiger partial charge in [0.15, 0.2) is 0 Å². The summed E-state index contributed by atoms with van der Waals surface area (Å²) in [5, 5.41) is 3.71. The highest BCUT2D eigenvalue weighted by atomic mass is 16.5. The molecule has 0 spiro atoms. The predicted molar refractivity (Wildman–Crippen MR) is 58.3 cm³/mol. The second kappa shape index (κ2) is 4.63. The molecule has 14 heavy (non-hydrogen) atoms. The second-order valence-corrected chi connectivity index (χ2v) is 5.16. The molecule has 1 saturated carbocycles. The maximum absolute atomic E-state index is 5.41. The molecule has 0 radical (unpaired) electrons. The fourth-order valence-corrected chi connectivity index (χ4v) is 2.45. The molecule has 1 N–H and O–H groups in total. The van der Waals surface area contributed by atoms with Gasteiger partial charge in [0.2, 0.25) is 0 Å². The molecule has 1 aliphatic heterocycles. The Kier molecular flexibility index (Phi) is 3.45. The van der Waals surface area contributed by atoms with Gasteiger partial charge in [0, 0.05) is 18.7 Å². The first kappa shape index (κ1) is 10.4. The molecule has 0 aromatic carbocycles. The van der Waals surface area contributed by atoms with Crippen LogP contribution in [0.2, 0.25) is 0 Å². The van der Waals surface area contributed by atoms with Gasteiger partial charge in [-0.15, -0.1) is 0 Å². The Hall–Kier alpha value is -0.0800. The zero-order chi connectivity index (χ0) is 9.97. The Balaban J connectivity index is 1.66. The smallest absolute Gasteiger partial charge is 0.0509 e. The third-order valence-electron chi connectivity index (χ3n) is 3.60. The van der Waals surface area contributed by atoms with E-state index in [1.165, 1.54) is 25.7 Å². The Morgan fingerprint density at radius 2 is 2.07 bits per heavy atom. The lowest BCUT2D eigenvalue weighted by molar-refractivity contribution is 0.176. The predicted octanol–water partition coefficient (Wildman–Crippen LogP) is 2.19. The van der Waals surface area contributed by atoms with E-state index in [2.05, 4.69) is 19.2 Å². The van der Waals surface area contributed by atoms with Crippen molar-refractivity contribution in [2.45, 2.75) is 51.6 Å².